The maximum atomic E-state index is 12.3. The Labute approximate surface area is 120 Å². The molecule has 1 aliphatic carbocycles. The molecule has 0 unspecified atom stereocenters. The summed E-state index contributed by atoms with van der Waals surface area (Å²) in [5, 5.41) is 9.52. The molecule has 0 spiro atoms. The van der Waals surface area contributed by atoms with E-state index in [9.17, 15) is 14.7 Å². The molecule has 2 fully saturated rings. The summed E-state index contributed by atoms with van der Waals surface area (Å²) in [5.41, 5.74) is -2.00. The zero-order valence-electron chi connectivity index (χ0n) is 12.6. The molecule has 5 nitrogen and oxygen atoms in total. The van der Waals surface area contributed by atoms with Crippen LogP contribution in [0.4, 0.5) is 0 Å². The summed E-state index contributed by atoms with van der Waals surface area (Å²) in [4.78, 5) is 26.2. The van der Waals surface area contributed by atoms with Gasteiger partial charge >= 0.3 is 11.9 Å². The fourth-order valence-corrected chi connectivity index (χ4v) is 2.66. The molecule has 20 heavy (non-hydrogen) atoms. The minimum absolute atomic E-state index is 0.351. The smallest absolute Gasteiger partial charge is 0.324 e. The van der Waals surface area contributed by atoms with Gasteiger partial charge in [0.1, 0.15) is 5.60 Å². The van der Waals surface area contributed by atoms with Gasteiger partial charge < -0.3 is 14.7 Å². The first kappa shape index (κ1) is 15.3. The number of nitrogens with zero attached hydrogens (tertiary/aromatic N) is 1. The van der Waals surface area contributed by atoms with E-state index < -0.39 is 23.0 Å². The van der Waals surface area contributed by atoms with Gasteiger partial charge in [0.25, 0.3) is 0 Å². The number of piperidine rings is 1. The SMILES string of the molecule is CC(C)(C)OC(=O)C1(C(=O)O)CCN(CC2CC2)CC1. The number of carbonyl (C=O) groups excluding carboxylic acids is 1. The summed E-state index contributed by atoms with van der Waals surface area (Å²) < 4.78 is 5.33. The highest BCUT2D eigenvalue weighted by molar-refractivity contribution is 5.99. The number of carbonyl (C=O) groups is 2. The predicted octanol–water partition coefficient (Wildman–Crippen LogP) is 1.90. The average Bonchev–Trinajstić information content (AvgIpc) is 3.11. The molecule has 0 aromatic heterocycles. The van der Waals surface area contributed by atoms with Gasteiger partial charge in [0.2, 0.25) is 0 Å². The number of likely N-dealkylation sites (tertiary alicyclic amines) is 1. The van der Waals surface area contributed by atoms with Gasteiger partial charge in [-0.25, -0.2) is 0 Å². The molecule has 1 heterocycles. The first-order valence-corrected chi connectivity index (χ1v) is 7.42. The van der Waals surface area contributed by atoms with Crippen LogP contribution in [0.3, 0.4) is 0 Å². The third kappa shape index (κ3) is 3.51. The molecule has 0 bridgehead atoms. The molecule has 0 radical (unpaired) electrons. The Hall–Kier alpha value is -1.10. The highest BCUT2D eigenvalue weighted by atomic mass is 16.6. The number of esters is 1. The van der Waals surface area contributed by atoms with E-state index in [2.05, 4.69) is 4.90 Å². The largest absolute Gasteiger partial charge is 0.480 e. The molecule has 1 saturated carbocycles. The van der Waals surface area contributed by atoms with Gasteiger partial charge in [-0.15, -0.1) is 0 Å². The molecule has 0 atom stereocenters. The molecular weight excluding hydrogens is 258 g/mol. The molecule has 0 amide bonds. The van der Waals surface area contributed by atoms with Crippen molar-refractivity contribution >= 4 is 11.9 Å². The fraction of sp³-hybridized carbons (Fsp3) is 0.867. The highest BCUT2D eigenvalue weighted by Crippen LogP contribution is 2.37. The quantitative estimate of drug-likeness (QED) is 0.630. The molecule has 114 valence electrons. The Morgan fingerprint density at radius 1 is 1.25 bits per heavy atom. The molecule has 1 N–H and O–H groups in total. The Morgan fingerprint density at radius 3 is 2.20 bits per heavy atom. The van der Waals surface area contributed by atoms with E-state index in [4.69, 9.17) is 4.74 Å². The van der Waals surface area contributed by atoms with Gasteiger partial charge in [0.15, 0.2) is 5.41 Å². The Balaban J connectivity index is 2.00. The average molecular weight is 283 g/mol. The first-order valence-electron chi connectivity index (χ1n) is 7.42. The number of hydrogen-bond acceptors (Lipinski definition) is 4. The van der Waals surface area contributed by atoms with Crippen LogP contribution in [0.2, 0.25) is 0 Å². The molecule has 1 saturated heterocycles. The molecule has 2 aliphatic rings. The van der Waals surface area contributed by atoms with E-state index in [1.54, 1.807) is 20.8 Å². The van der Waals surface area contributed by atoms with E-state index in [0.717, 1.165) is 12.5 Å². The lowest BCUT2D eigenvalue weighted by molar-refractivity contribution is -0.180. The van der Waals surface area contributed by atoms with Gasteiger partial charge in [-0.2, -0.15) is 0 Å². The normalized spacial score (nSPS) is 23.4. The summed E-state index contributed by atoms with van der Waals surface area (Å²) in [6.45, 7) is 7.68. The first-order chi connectivity index (χ1) is 9.23. The third-order valence-corrected chi connectivity index (χ3v) is 4.12. The molecule has 0 aromatic carbocycles. The molecular formula is C15H25NO4. The summed E-state index contributed by atoms with van der Waals surface area (Å²) in [6.07, 6.45) is 3.27. The second-order valence-electron chi connectivity index (χ2n) is 7.13. The van der Waals surface area contributed by atoms with Gasteiger partial charge in [0.05, 0.1) is 0 Å². The minimum Gasteiger partial charge on any atom is -0.480 e. The number of aliphatic carboxylic acids is 1. The maximum absolute atomic E-state index is 12.3. The van der Waals surface area contributed by atoms with Gasteiger partial charge in [0, 0.05) is 6.54 Å². The summed E-state index contributed by atoms with van der Waals surface area (Å²) in [6, 6.07) is 0. The maximum Gasteiger partial charge on any atom is 0.324 e. The van der Waals surface area contributed by atoms with Crippen LogP contribution in [-0.4, -0.2) is 47.2 Å². The lowest BCUT2D eigenvalue weighted by Crippen LogP contribution is -2.51. The predicted molar refractivity (Wildman–Crippen MR) is 74.3 cm³/mol. The van der Waals surface area contributed by atoms with Crippen LogP contribution in [0.1, 0.15) is 46.5 Å². The van der Waals surface area contributed by atoms with Crippen molar-refractivity contribution in [1.82, 2.24) is 4.90 Å². The van der Waals surface area contributed by atoms with Crippen LogP contribution >= 0.6 is 0 Å². The molecule has 2 rings (SSSR count). The zero-order chi connectivity index (χ0) is 15.0. The van der Waals surface area contributed by atoms with Crippen LogP contribution in [-0.2, 0) is 14.3 Å². The van der Waals surface area contributed by atoms with Gasteiger partial charge in [-0.1, -0.05) is 0 Å². The lowest BCUT2D eigenvalue weighted by atomic mass is 9.78. The fourth-order valence-electron chi connectivity index (χ4n) is 2.66. The van der Waals surface area contributed by atoms with Crippen molar-refractivity contribution in [3.8, 4) is 0 Å². The second-order valence-corrected chi connectivity index (χ2v) is 7.13. The Kier molecular flexibility index (Phi) is 4.09. The van der Waals surface area contributed by atoms with Crippen LogP contribution in [0.25, 0.3) is 0 Å². The summed E-state index contributed by atoms with van der Waals surface area (Å²) in [7, 11) is 0. The van der Waals surface area contributed by atoms with Crippen LogP contribution < -0.4 is 0 Å². The van der Waals surface area contributed by atoms with E-state index in [0.29, 0.717) is 25.9 Å². The molecule has 0 aromatic rings. The zero-order valence-corrected chi connectivity index (χ0v) is 12.6. The number of ether oxygens (including phenoxy) is 1. The van der Waals surface area contributed by atoms with Crippen molar-refractivity contribution < 1.29 is 19.4 Å². The standard InChI is InChI=1S/C15H25NO4/c1-14(2,3)20-13(19)15(12(17)18)6-8-16(9-7-15)10-11-4-5-11/h11H,4-10H2,1-3H3,(H,17,18). The van der Waals surface area contributed by atoms with Crippen molar-refractivity contribution in [3.05, 3.63) is 0 Å². The van der Waals surface area contributed by atoms with E-state index in [1.807, 2.05) is 0 Å². The van der Waals surface area contributed by atoms with Gasteiger partial charge in [-0.05, 0) is 65.5 Å². The number of carboxylic acid groups (broad SMARTS) is 1. The summed E-state index contributed by atoms with van der Waals surface area (Å²) in [5.74, 6) is -0.838. The molecule has 1 aliphatic heterocycles. The monoisotopic (exact) mass is 283 g/mol. The van der Waals surface area contributed by atoms with Crippen molar-refractivity contribution in [1.29, 1.82) is 0 Å². The lowest BCUT2D eigenvalue weighted by Gasteiger charge is -2.38. The van der Waals surface area contributed by atoms with E-state index in [-0.39, 0.29) is 0 Å². The highest BCUT2D eigenvalue weighted by Gasteiger charge is 2.50. The van der Waals surface area contributed by atoms with Crippen LogP contribution in [0.5, 0.6) is 0 Å². The molecule has 5 heteroatoms. The Morgan fingerprint density at radius 2 is 1.80 bits per heavy atom. The minimum atomic E-state index is -1.35. The van der Waals surface area contributed by atoms with Gasteiger partial charge in [-0.3, -0.25) is 9.59 Å². The van der Waals surface area contributed by atoms with Crippen molar-refractivity contribution in [2.45, 2.75) is 52.1 Å². The topological polar surface area (TPSA) is 66.8 Å². The van der Waals surface area contributed by atoms with Crippen molar-refractivity contribution in [2.24, 2.45) is 11.3 Å². The van der Waals surface area contributed by atoms with E-state index >= 15 is 0 Å². The van der Waals surface area contributed by atoms with Crippen LogP contribution in [0, 0.1) is 11.3 Å². The van der Waals surface area contributed by atoms with Crippen LogP contribution in [0.15, 0.2) is 0 Å². The Bertz CT molecular complexity index is 387. The van der Waals surface area contributed by atoms with Crippen molar-refractivity contribution in [2.75, 3.05) is 19.6 Å². The van der Waals surface area contributed by atoms with E-state index in [1.165, 1.54) is 12.8 Å². The summed E-state index contributed by atoms with van der Waals surface area (Å²) >= 11 is 0. The van der Waals surface area contributed by atoms with Crippen molar-refractivity contribution in [3.63, 3.8) is 0 Å². The second kappa shape index (κ2) is 5.35. The third-order valence-electron chi connectivity index (χ3n) is 4.12. The number of rotatable bonds is 4. The number of carboxylic acids is 1. The number of hydrogen-bond donors (Lipinski definition) is 1.